The second-order valence-electron chi connectivity index (χ2n) is 6.31. The molecule has 1 atom stereocenters. The van der Waals surface area contributed by atoms with Crippen molar-refractivity contribution in [1.82, 2.24) is 39.1 Å². The number of nitrogens with zero attached hydrogens (tertiary/aromatic N) is 8. The predicted octanol–water partition coefficient (Wildman–Crippen LogP) is 2.76. The number of hydrogen-bond acceptors (Lipinski definition) is 5. The molecule has 8 nitrogen and oxygen atoms in total. The van der Waals surface area contributed by atoms with Gasteiger partial charge in [-0.15, -0.1) is 0 Å². The van der Waals surface area contributed by atoms with Crippen LogP contribution in [0, 0.1) is 6.92 Å². The molecule has 0 amide bonds. The van der Waals surface area contributed by atoms with Gasteiger partial charge in [0.1, 0.15) is 18.7 Å². The van der Waals surface area contributed by atoms with Gasteiger partial charge in [0.15, 0.2) is 11.6 Å². The van der Waals surface area contributed by atoms with Gasteiger partial charge in [0.25, 0.3) is 0 Å². The van der Waals surface area contributed by atoms with E-state index >= 15 is 0 Å². The largest absolute Gasteiger partial charge is 0.300 e. The summed E-state index contributed by atoms with van der Waals surface area (Å²) in [6.07, 6.45) is 5.06. The molecule has 0 saturated carbocycles. The van der Waals surface area contributed by atoms with E-state index in [1.807, 2.05) is 30.9 Å². The fourth-order valence-electron chi connectivity index (χ4n) is 3.28. The summed E-state index contributed by atoms with van der Waals surface area (Å²) in [4.78, 5) is 13.4. The third kappa shape index (κ3) is 2.23. The summed E-state index contributed by atoms with van der Waals surface area (Å²) >= 11 is 3.58. The minimum atomic E-state index is -0.0986. The Morgan fingerprint density at radius 2 is 2.12 bits per heavy atom. The lowest BCUT2D eigenvalue weighted by Crippen LogP contribution is -2.11. The van der Waals surface area contributed by atoms with Crippen molar-refractivity contribution in [1.29, 1.82) is 0 Å². The van der Waals surface area contributed by atoms with Crippen LogP contribution in [-0.2, 0) is 6.54 Å². The minimum absolute atomic E-state index is 0.0986. The first-order chi connectivity index (χ1) is 12.6. The van der Waals surface area contributed by atoms with Gasteiger partial charge in [-0.05, 0) is 32.0 Å². The van der Waals surface area contributed by atoms with E-state index in [1.54, 1.807) is 11.0 Å². The van der Waals surface area contributed by atoms with Crippen molar-refractivity contribution < 1.29 is 0 Å². The van der Waals surface area contributed by atoms with E-state index in [-0.39, 0.29) is 6.04 Å². The summed E-state index contributed by atoms with van der Waals surface area (Å²) in [7, 11) is 0. The zero-order chi connectivity index (χ0) is 17.8. The van der Waals surface area contributed by atoms with Crippen LogP contribution in [0.2, 0.25) is 0 Å². The molecule has 0 N–H and O–H groups in total. The van der Waals surface area contributed by atoms with Crippen molar-refractivity contribution in [3.8, 4) is 17.1 Å². The van der Waals surface area contributed by atoms with E-state index in [2.05, 4.69) is 47.7 Å². The highest BCUT2D eigenvalue weighted by Crippen LogP contribution is 2.34. The van der Waals surface area contributed by atoms with Crippen molar-refractivity contribution in [2.45, 2.75) is 26.4 Å². The standard InChI is InChI=1S/C17H15BrN8/c1-10-15-6-25-17(22-16(23-25)11(2)26-8-19-7-21-26)13-5-12(18)3-4-14(13)24(15)9-20-10/h3-5,7-9,11H,6H2,1-2H3. The molecule has 4 aromatic rings. The number of benzene rings is 1. The zero-order valence-electron chi connectivity index (χ0n) is 14.2. The summed E-state index contributed by atoms with van der Waals surface area (Å²) < 4.78 is 6.82. The number of halogens is 1. The first kappa shape index (κ1) is 15.4. The van der Waals surface area contributed by atoms with Crippen LogP contribution in [-0.4, -0.2) is 39.1 Å². The Hall–Kier alpha value is -2.81. The topological polar surface area (TPSA) is 79.2 Å². The Bertz CT molecular complexity index is 1110. The Morgan fingerprint density at radius 3 is 2.92 bits per heavy atom. The van der Waals surface area contributed by atoms with E-state index in [0.29, 0.717) is 12.4 Å². The lowest BCUT2D eigenvalue weighted by molar-refractivity contribution is 0.526. The van der Waals surface area contributed by atoms with E-state index < -0.39 is 0 Å². The van der Waals surface area contributed by atoms with Crippen LogP contribution in [0.3, 0.4) is 0 Å². The second kappa shape index (κ2) is 5.60. The molecule has 0 fully saturated rings. The van der Waals surface area contributed by atoms with Gasteiger partial charge in [0, 0.05) is 10.0 Å². The molecule has 0 bridgehead atoms. The molecule has 1 aliphatic rings. The van der Waals surface area contributed by atoms with Gasteiger partial charge in [-0.3, -0.25) is 0 Å². The molecule has 1 aromatic carbocycles. The zero-order valence-corrected chi connectivity index (χ0v) is 15.8. The summed E-state index contributed by atoms with van der Waals surface area (Å²) in [5, 5.41) is 8.99. The Balaban J connectivity index is 1.73. The van der Waals surface area contributed by atoms with Gasteiger partial charge in [-0.25, -0.2) is 24.3 Å². The Morgan fingerprint density at radius 1 is 1.23 bits per heavy atom. The molecule has 26 heavy (non-hydrogen) atoms. The van der Waals surface area contributed by atoms with Crippen molar-refractivity contribution in [2.75, 3.05) is 0 Å². The smallest absolute Gasteiger partial charge is 0.175 e. The van der Waals surface area contributed by atoms with E-state index in [1.165, 1.54) is 6.33 Å². The minimum Gasteiger partial charge on any atom is -0.300 e. The van der Waals surface area contributed by atoms with Crippen LogP contribution in [0.1, 0.15) is 30.2 Å². The molecule has 1 aliphatic heterocycles. The number of aryl methyl sites for hydroxylation is 1. The summed E-state index contributed by atoms with van der Waals surface area (Å²) in [6, 6.07) is 6.08. The van der Waals surface area contributed by atoms with Crippen LogP contribution in [0.15, 0.2) is 41.7 Å². The second-order valence-corrected chi connectivity index (χ2v) is 7.23. The summed E-state index contributed by atoms with van der Waals surface area (Å²) in [5.74, 6) is 1.55. The molecule has 1 unspecified atom stereocenters. The average molecular weight is 411 g/mol. The van der Waals surface area contributed by atoms with Crippen LogP contribution >= 0.6 is 15.9 Å². The molecule has 0 aliphatic carbocycles. The molecular weight excluding hydrogens is 396 g/mol. The maximum atomic E-state index is 4.85. The number of imidazole rings is 1. The number of hydrogen-bond donors (Lipinski definition) is 0. The van der Waals surface area contributed by atoms with Gasteiger partial charge in [0.05, 0.1) is 29.9 Å². The normalized spacial score (nSPS) is 13.7. The summed E-state index contributed by atoms with van der Waals surface area (Å²) in [5.41, 5.74) is 4.17. The van der Waals surface area contributed by atoms with E-state index in [4.69, 9.17) is 10.1 Å². The van der Waals surface area contributed by atoms with Crippen LogP contribution in [0.4, 0.5) is 0 Å². The Kier molecular flexibility index (Phi) is 3.33. The molecule has 9 heteroatoms. The molecule has 3 aromatic heterocycles. The van der Waals surface area contributed by atoms with Crippen LogP contribution < -0.4 is 0 Å². The van der Waals surface area contributed by atoms with Gasteiger partial charge < -0.3 is 4.57 Å². The fourth-order valence-corrected chi connectivity index (χ4v) is 3.64. The SMILES string of the molecule is Cc1ncn2c1Cn1nc(C(C)n3cncn3)nc1-c1cc(Br)ccc1-2. The lowest BCUT2D eigenvalue weighted by atomic mass is 10.1. The lowest BCUT2D eigenvalue weighted by Gasteiger charge is -2.09. The highest BCUT2D eigenvalue weighted by Gasteiger charge is 2.26. The average Bonchev–Trinajstić information content (AvgIpc) is 3.35. The van der Waals surface area contributed by atoms with Crippen LogP contribution in [0.25, 0.3) is 17.1 Å². The number of aromatic nitrogens is 8. The van der Waals surface area contributed by atoms with Crippen molar-refractivity contribution in [3.05, 3.63) is 58.9 Å². The fraction of sp³-hybridized carbons (Fsp3) is 0.235. The molecular formula is C17H15BrN8. The van der Waals surface area contributed by atoms with Gasteiger partial charge in [0.2, 0.25) is 0 Å². The molecule has 0 saturated heterocycles. The molecule has 0 radical (unpaired) electrons. The first-order valence-electron chi connectivity index (χ1n) is 8.24. The van der Waals surface area contributed by atoms with Crippen molar-refractivity contribution in [2.24, 2.45) is 0 Å². The molecule has 0 spiro atoms. The van der Waals surface area contributed by atoms with Gasteiger partial charge in [-0.2, -0.15) is 10.2 Å². The van der Waals surface area contributed by atoms with Crippen LogP contribution in [0.5, 0.6) is 0 Å². The number of fused-ring (bicyclic) bond motifs is 5. The third-order valence-electron chi connectivity index (χ3n) is 4.73. The molecule has 130 valence electrons. The summed E-state index contributed by atoms with van der Waals surface area (Å²) in [6.45, 7) is 4.65. The Labute approximate surface area is 157 Å². The van der Waals surface area contributed by atoms with E-state index in [0.717, 1.165) is 32.9 Å². The quantitative estimate of drug-likeness (QED) is 0.446. The maximum absolute atomic E-state index is 4.85. The molecule has 5 rings (SSSR count). The first-order valence-corrected chi connectivity index (χ1v) is 9.03. The highest BCUT2D eigenvalue weighted by molar-refractivity contribution is 9.10. The number of rotatable bonds is 2. The monoisotopic (exact) mass is 410 g/mol. The van der Waals surface area contributed by atoms with Crippen molar-refractivity contribution >= 4 is 15.9 Å². The molecule has 4 heterocycles. The van der Waals surface area contributed by atoms with Gasteiger partial charge >= 0.3 is 0 Å². The van der Waals surface area contributed by atoms with Crippen molar-refractivity contribution in [3.63, 3.8) is 0 Å². The van der Waals surface area contributed by atoms with E-state index in [9.17, 15) is 0 Å². The third-order valence-corrected chi connectivity index (χ3v) is 5.22. The maximum Gasteiger partial charge on any atom is 0.175 e. The predicted molar refractivity (Wildman–Crippen MR) is 98.0 cm³/mol. The van der Waals surface area contributed by atoms with Gasteiger partial charge in [-0.1, -0.05) is 15.9 Å². The highest BCUT2D eigenvalue weighted by atomic mass is 79.9.